The number of aliphatic hydroxyl groups is 2. The molecule has 0 saturated carbocycles. The van der Waals surface area contributed by atoms with Crippen molar-refractivity contribution >= 4 is 129 Å². The van der Waals surface area contributed by atoms with Crippen LogP contribution in [0.4, 0.5) is 0 Å². The summed E-state index contributed by atoms with van der Waals surface area (Å²) in [4.78, 5) is 252. The molecule has 0 bridgehead atoms. The third-order valence-electron chi connectivity index (χ3n) is 24.2. The van der Waals surface area contributed by atoms with Gasteiger partial charge in [-0.05, 0) is 81.4 Å². The number of aliphatic carboxylic acids is 2. The van der Waals surface area contributed by atoms with E-state index in [1.165, 1.54) is 77.4 Å². The number of primary amides is 2. The van der Waals surface area contributed by atoms with Gasteiger partial charge in [-0.2, -0.15) is 0 Å². The summed E-state index contributed by atoms with van der Waals surface area (Å²) in [5, 5.41) is 77.8. The van der Waals surface area contributed by atoms with Crippen LogP contribution in [0.1, 0.15) is 204 Å². The van der Waals surface area contributed by atoms with Gasteiger partial charge in [0, 0.05) is 120 Å². The number of hydrazone groups is 1. The lowest BCUT2D eigenvalue weighted by Crippen LogP contribution is -2.61. The number of nitrogens with two attached hydrogens (primary N) is 5. The standard InChI is InChI=1S/C53H92N16O16.C42H58N12O8/c1-3-4-18-37(49(79)55-2)61-52(82)40(30-69(31-47(75)76)32-48(77)78)64-51(81)39(27-36-28-56-35-59-36)63-50(80)38(21-22-42(54)71)62-53(83)41(33-70)60-45(73)29-58-46(74)34-85-26-25-84-24-23-57-44(72)20-17-15-13-11-9-7-5-6-8-10-12-14-16-19-43-65-67-68-66-43;43-28-15-16-35(56)47-17-7-6-13-30(36(44)57)50-39(60)33(20-25-22-49-29-12-5-4-11-27(25)29)52-37(58)31(14-8-18-48-42(45)46)51-38(59)32(19-24-9-2-1-3-10-24)53-40(61)34-21-26(55)23-54(34)41(28)62/h28,35,37-41,67-68,70H,3-27,29-34H2,1-2H3,(H2,54,71)(H,55,79)(H,56,59)(H,57,72)(H,58,74)(H,60,73)(H,61,82)(H,62,83)(H,63,80)(H,64,81)(H,65,66)(H,75,76)(H,77,78);1-5,9-12,22,26,28,30-34,49,55H,6-8,13-21,23,43H2,(H2,44,57)(H,47,56)(H,50,60)(H,51,59)(H,52,58)(H,53,61)(H4,45,46,48)/t37-,38-,39-,40-,41-;26-,28?,30+,31+,32-,33+,34+/m01/s1. The Hall–Kier alpha value is -14.1. The van der Waals surface area contributed by atoms with Crippen LogP contribution < -0.4 is 114 Å². The molecule has 0 spiro atoms. The molecule has 16 amide bonds. The Morgan fingerprint density at radius 3 is 1.86 bits per heavy atom. The van der Waals surface area contributed by atoms with E-state index in [2.05, 4.69) is 111 Å². The van der Waals surface area contributed by atoms with Gasteiger partial charge in [-0.1, -0.05) is 139 Å². The Morgan fingerprint density at radius 1 is 0.612 bits per heavy atom. The highest BCUT2D eigenvalue weighted by Crippen LogP contribution is 2.24. The fourth-order valence-electron chi connectivity index (χ4n) is 16.3. The first-order valence-electron chi connectivity index (χ1n) is 50.0. The molecule has 2 fully saturated rings. The zero-order valence-corrected chi connectivity index (χ0v) is 83.5. The maximum atomic E-state index is 14.4. The largest absolute Gasteiger partial charge is 0.480 e. The Morgan fingerprint density at radius 2 is 1.22 bits per heavy atom. The van der Waals surface area contributed by atoms with Gasteiger partial charge in [0.05, 0.1) is 64.5 Å². The first-order chi connectivity index (χ1) is 70.5. The number of carbonyl (C=O) groups excluding carboxylic acids is 16. The number of H-pyrrole nitrogens is 2. The van der Waals surface area contributed by atoms with Gasteiger partial charge < -0.3 is 143 Å². The lowest BCUT2D eigenvalue weighted by atomic mass is 10.0. The number of benzene rings is 2. The third-order valence-corrected chi connectivity index (χ3v) is 24.2. The molecule has 4 aromatic rings. The van der Waals surface area contributed by atoms with Crippen molar-refractivity contribution in [1.29, 1.82) is 0 Å². The number of hydrogen-bond acceptors (Lipinski definition) is 30. The molecule has 3 aliphatic heterocycles. The third kappa shape index (κ3) is 48.2. The zero-order chi connectivity index (χ0) is 107. The second kappa shape index (κ2) is 68.3. The lowest BCUT2D eigenvalue weighted by Gasteiger charge is -2.29. The number of aliphatic hydroxyl groups excluding tert-OH is 2. The van der Waals surface area contributed by atoms with E-state index < -0.39 is 219 Å². The summed E-state index contributed by atoms with van der Waals surface area (Å²) < 4.78 is 10.7. The van der Waals surface area contributed by atoms with Crippen molar-refractivity contribution in [2.45, 2.75) is 279 Å². The molecule has 52 heteroatoms. The number of likely N-dealkylation sites (N-methyl/N-ethyl adjacent to an activating group) is 1. The smallest absolute Gasteiger partial charge is 0.317 e. The minimum Gasteiger partial charge on any atom is -0.480 e. The molecule has 3 aliphatic rings. The van der Waals surface area contributed by atoms with Crippen molar-refractivity contribution in [2.75, 3.05) is 92.4 Å². The highest BCUT2D eigenvalue weighted by molar-refractivity contribution is 6.00. The maximum Gasteiger partial charge on any atom is 0.317 e. The van der Waals surface area contributed by atoms with E-state index in [0.717, 1.165) is 58.6 Å². The predicted molar refractivity (Wildman–Crippen MR) is 536 cm³/mol. The molecule has 5 heterocycles. The first-order valence-corrected chi connectivity index (χ1v) is 50.0. The number of carboxylic acid groups (broad SMARTS) is 2. The molecule has 32 N–H and O–H groups in total. The predicted octanol–water partition coefficient (Wildman–Crippen LogP) is -5.11. The number of amides is 16. The van der Waals surface area contributed by atoms with Gasteiger partial charge in [0.1, 0.15) is 72.9 Å². The summed E-state index contributed by atoms with van der Waals surface area (Å²) in [5.41, 5.74) is 39.2. The fraction of sp³-hybridized carbons (Fsp3) is 0.611. The van der Waals surface area contributed by atoms with Crippen LogP contribution in [-0.4, -0.2) is 328 Å². The van der Waals surface area contributed by atoms with Gasteiger partial charge in [0.2, 0.25) is 94.5 Å². The monoisotopic (exact) mass is 2070 g/mol. The molecule has 0 radical (unpaired) electrons. The zero-order valence-electron chi connectivity index (χ0n) is 83.5. The lowest BCUT2D eigenvalue weighted by molar-refractivity contribution is -0.143. The highest BCUT2D eigenvalue weighted by Gasteiger charge is 2.43. The number of carboxylic acids is 2. The first kappa shape index (κ1) is 122. The van der Waals surface area contributed by atoms with Crippen molar-refractivity contribution in [3.05, 3.63) is 90.1 Å². The molecule has 52 nitrogen and oxygen atoms in total. The molecule has 147 heavy (non-hydrogen) atoms. The molecule has 12 atom stereocenters. The molecular weight excluding hydrogens is 1920 g/mol. The van der Waals surface area contributed by atoms with Gasteiger partial charge in [-0.15, -0.1) is 10.6 Å². The van der Waals surface area contributed by atoms with Gasteiger partial charge in [0.15, 0.2) is 5.96 Å². The number of aromatic nitrogens is 3. The highest BCUT2D eigenvalue weighted by atomic mass is 16.5. The number of ether oxygens (including phenoxy) is 2. The van der Waals surface area contributed by atoms with Crippen LogP contribution in [0.5, 0.6) is 0 Å². The molecular formula is C95H150N28O24. The molecule has 2 saturated heterocycles. The summed E-state index contributed by atoms with van der Waals surface area (Å²) in [6.07, 6.45) is 20.7. The molecule has 1 unspecified atom stereocenters. The number of amidine groups is 1. The van der Waals surface area contributed by atoms with E-state index in [0.29, 0.717) is 49.8 Å². The van der Waals surface area contributed by atoms with E-state index in [1.54, 1.807) is 36.5 Å². The molecule has 2 aromatic heterocycles. The number of carbonyl (C=O) groups is 18. The normalized spacial score (nSPS) is 18.5. The van der Waals surface area contributed by atoms with Crippen LogP contribution in [0.15, 0.2) is 83.4 Å². The van der Waals surface area contributed by atoms with Crippen molar-refractivity contribution in [2.24, 2.45) is 38.8 Å². The van der Waals surface area contributed by atoms with Gasteiger partial charge in [0.25, 0.3) is 0 Å². The van der Waals surface area contributed by atoms with E-state index in [1.807, 2.05) is 31.2 Å². The fourth-order valence-corrected chi connectivity index (χ4v) is 16.3. The summed E-state index contributed by atoms with van der Waals surface area (Å²) in [7, 11) is 1.34. The van der Waals surface area contributed by atoms with E-state index in [4.69, 9.17) is 38.1 Å². The number of rotatable bonds is 60. The van der Waals surface area contributed by atoms with E-state index in [9.17, 15) is 107 Å². The van der Waals surface area contributed by atoms with Crippen LogP contribution in [-0.2, 0) is 115 Å². The summed E-state index contributed by atoms with van der Waals surface area (Å²) in [6, 6.07) is 0.980. The van der Waals surface area contributed by atoms with E-state index in [-0.39, 0.29) is 127 Å². The Bertz CT molecular complexity index is 4920. The minimum absolute atomic E-state index is 0.00276. The van der Waals surface area contributed by atoms with Crippen LogP contribution in [0.3, 0.4) is 0 Å². The molecule has 0 aliphatic carbocycles. The number of hydrazine groups is 2. The Kier molecular flexibility index (Phi) is 56.5. The van der Waals surface area contributed by atoms with Crippen LogP contribution in [0.25, 0.3) is 10.9 Å². The SMILES string of the molecule is CCCC[C@H](NC(=O)[C@H](CN(CC(=O)O)CC(=O)O)NC(=O)[C@H](Cc1cnc[nH]1)NC(=O)[C@H](CCC(N)=O)NC(=O)[C@H](CO)NC(=O)CNC(=O)COCCOCCNC(=O)CCCCCCCCCCCCCCCC1=NNNN1)C(=O)NC.NC(=O)[C@@H]1CCCCNC(=O)CCC(N)C(=O)N2C[C@H](O)C[C@H]2C(=O)N[C@H](Cc2ccccc2)C(=O)N[C@@H](CCCN=C(N)N)C(=O)N[C@@H](Cc2c[nH]c3ccccc23)C(=O)N1. The van der Waals surface area contributed by atoms with Crippen LogP contribution in [0.2, 0.25) is 0 Å². The minimum atomic E-state index is -1.73. The number of unbranched alkanes of at least 4 members (excludes halogenated alkanes) is 13. The van der Waals surface area contributed by atoms with Gasteiger partial charge in [-0.25, -0.2) is 10.5 Å². The second-order valence-corrected chi connectivity index (χ2v) is 36.1. The summed E-state index contributed by atoms with van der Waals surface area (Å²) in [5.74, 6) is -14.4. The molecule has 7 rings (SSSR count). The van der Waals surface area contributed by atoms with Crippen molar-refractivity contribution in [3.63, 3.8) is 0 Å². The quantitative estimate of drug-likeness (QED) is 0.0112. The number of para-hydroxylation sites is 1. The Labute approximate surface area is 851 Å². The van der Waals surface area contributed by atoms with Gasteiger partial charge >= 0.3 is 11.9 Å². The summed E-state index contributed by atoms with van der Waals surface area (Å²) in [6.45, 7) is -1.94. The van der Waals surface area contributed by atoms with Crippen molar-refractivity contribution < 1.29 is 116 Å². The van der Waals surface area contributed by atoms with Crippen LogP contribution in [0, 0.1) is 0 Å². The number of hydrogen-bond donors (Lipinski definition) is 27. The number of aliphatic imine (C=N–C) groups is 1. The molecule has 814 valence electrons. The van der Waals surface area contributed by atoms with E-state index >= 15 is 0 Å². The average Bonchev–Trinajstić information content (AvgIpc) is 1.67. The van der Waals surface area contributed by atoms with Crippen LogP contribution >= 0.6 is 0 Å². The van der Waals surface area contributed by atoms with Gasteiger partial charge in [-0.3, -0.25) is 102 Å². The molecule has 2 aromatic carbocycles. The summed E-state index contributed by atoms with van der Waals surface area (Å²) >= 11 is 0. The average molecular weight is 2070 g/mol. The Balaban J connectivity index is 0.000000470. The van der Waals surface area contributed by atoms with Crippen molar-refractivity contribution in [1.82, 2.24) is 110 Å². The number of aromatic amines is 2. The maximum absolute atomic E-state index is 14.4. The topological polar surface area (TPSA) is 805 Å². The number of imidazole rings is 1. The number of guanidine groups is 1. The second-order valence-electron chi connectivity index (χ2n) is 36.1. The number of fused-ring (bicyclic) bond motifs is 2. The number of nitrogens with one attached hydrogen (secondary N) is 18. The van der Waals surface area contributed by atoms with Crippen molar-refractivity contribution in [3.8, 4) is 0 Å². The number of nitrogens with zero attached hydrogens (tertiary/aromatic N) is 5.